The Morgan fingerprint density at radius 3 is 2.69 bits per heavy atom. The lowest BCUT2D eigenvalue weighted by Crippen LogP contribution is -2.23. The fourth-order valence-electron chi connectivity index (χ4n) is 1.52. The predicted octanol–water partition coefficient (Wildman–Crippen LogP) is 3.07. The lowest BCUT2D eigenvalue weighted by Gasteiger charge is -2.18. The van der Waals surface area contributed by atoms with Gasteiger partial charge in [-0.15, -0.1) is 0 Å². The van der Waals surface area contributed by atoms with Gasteiger partial charge in [0, 0.05) is 24.9 Å². The van der Waals surface area contributed by atoms with Crippen molar-refractivity contribution in [2.24, 2.45) is 0 Å². The molecule has 0 fully saturated rings. The first-order chi connectivity index (χ1) is 7.53. The molecule has 0 aromatic carbocycles. The molecule has 16 heavy (non-hydrogen) atoms. The van der Waals surface area contributed by atoms with E-state index in [0.717, 1.165) is 5.56 Å². The Hall–Kier alpha value is -1.10. The van der Waals surface area contributed by atoms with Crippen molar-refractivity contribution in [1.29, 1.82) is 0 Å². The highest BCUT2D eigenvalue weighted by molar-refractivity contribution is 5.13. The molecule has 0 aliphatic carbocycles. The molecule has 1 aromatic rings. The number of nitrogens with one attached hydrogen (secondary N) is 1. The third kappa shape index (κ3) is 4.61. The maximum Gasteiger partial charge on any atom is 0.389 e. The van der Waals surface area contributed by atoms with Gasteiger partial charge in [-0.05, 0) is 24.6 Å². The number of hydrogen-bond acceptors (Lipinski definition) is 2. The molecule has 90 valence electrons. The van der Waals surface area contributed by atoms with Crippen molar-refractivity contribution in [3.8, 4) is 0 Å². The number of hydrogen-bond donors (Lipinski definition) is 1. The molecule has 0 saturated carbocycles. The quantitative estimate of drug-likeness (QED) is 0.843. The molecule has 1 aromatic heterocycles. The minimum absolute atomic E-state index is 0.0447. The molecule has 0 amide bonds. The van der Waals surface area contributed by atoms with Gasteiger partial charge >= 0.3 is 6.18 Å². The van der Waals surface area contributed by atoms with Crippen LogP contribution in [0.25, 0.3) is 0 Å². The molecule has 1 rings (SSSR count). The van der Waals surface area contributed by atoms with E-state index in [1.807, 2.05) is 6.92 Å². The minimum atomic E-state index is -4.10. The summed E-state index contributed by atoms with van der Waals surface area (Å²) in [6, 6.07) is 3.24. The van der Waals surface area contributed by atoms with Crippen LogP contribution in [-0.4, -0.2) is 17.7 Å². The third-order valence-electron chi connectivity index (χ3n) is 2.25. The van der Waals surface area contributed by atoms with Gasteiger partial charge in [0.2, 0.25) is 0 Å². The van der Waals surface area contributed by atoms with E-state index >= 15 is 0 Å². The van der Waals surface area contributed by atoms with Crippen molar-refractivity contribution in [3.05, 3.63) is 30.1 Å². The van der Waals surface area contributed by atoms with E-state index in [4.69, 9.17) is 0 Å². The second-order valence-corrected chi connectivity index (χ2v) is 3.55. The van der Waals surface area contributed by atoms with Crippen LogP contribution in [0.5, 0.6) is 0 Å². The zero-order valence-corrected chi connectivity index (χ0v) is 9.09. The number of pyridine rings is 1. The van der Waals surface area contributed by atoms with E-state index < -0.39 is 12.6 Å². The Bertz CT molecular complexity index is 298. The average molecular weight is 232 g/mol. The van der Waals surface area contributed by atoms with Crippen molar-refractivity contribution in [3.63, 3.8) is 0 Å². The summed E-state index contributed by atoms with van der Waals surface area (Å²) in [5.74, 6) is 0. The molecule has 0 spiro atoms. The highest BCUT2D eigenvalue weighted by Gasteiger charge is 2.28. The molecule has 0 bridgehead atoms. The number of alkyl halides is 3. The van der Waals surface area contributed by atoms with Crippen molar-refractivity contribution in [2.45, 2.75) is 32.0 Å². The molecular weight excluding hydrogens is 217 g/mol. The lowest BCUT2D eigenvalue weighted by atomic mass is 10.0. The van der Waals surface area contributed by atoms with E-state index in [9.17, 15) is 13.2 Å². The summed E-state index contributed by atoms with van der Waals surface area (Å²) < 4.78 is 36.4. The Balaban J connectivity index is 2.61. The van der Waals surface area contributed by atoms with Crippen molar-refractivity contribution >= 4 is 0 Å². The lowest BCUT2D eigenvalue weighted by molar-refractivity contribution is -0.136. The Morgan fingerprint density at radius 2 is 2.19 bits per heavy atom. The Labute approximate surface area is 92.9 Å². The first-order valence-corrected chi connectivity index (χ1v) is 5.23. The summed E-state index contributed by atoms with van der Waals surface area (Å²) >= 11 is 0. The summed E-state index contributed by atoms with van der Waals surface area (Å²) in [4.78, 5) is 3.91. The molecular formula is C11H15F3N2. The standard InChI is InChI=1S/C11H15F3N2/c1-2-16-10(5-6-11(12,13)14)9-4-3-7-15-8-9/h3-4,7-8,10,16H,2,5-6H2,1H3. The second kappa shape index (κ2) is 5.84. The van der Waals surface area contributed by atoms with Gasteiger partial charge in [-0.1, -0.05) is 13.0 Å². The first kappa shape index (κ1) is 13.0. The van der Waals surface area contributed by atoms with Crippen LogP contribution < -0.4 is 5.32 Å². The summed E-state index contributed by atoms with van der Waals surface area (Å²) in [5.41, 5.74) is 0.800. The van der Waals surface area contributed by atoms with Gasteiger partial charge in [0.1, 0.15) is 0 Å². The zero-order chi connectivity index (χ0) is 12.0. The maximum atomic E-state index is 12.1. The predicted molar refractivity (Wildman–Crippen MR) is 55.9 cm³/mol. The molecule has 1 atom stereocenters. The van der Waals surface area contributed by atoms with Crippen LogP contribution in [0.15, 0.2) is 24.5 Å². The molecule has 1 unspecified atom stereocenters. The number of aromatic nitrogens is 1. The molecule has 0 radical (unpaired) electrons. The number of halogens is 3. The SMILES string of the molecule is CCNC(CCC(F)(F)F)c1cccnc1. The summed E-state index contributed by atoms with van der Waals surface area (Å²) in [6.07, 6.45) is -1.63. The minimum Gasteiger partial charge on any atom is -0.310 e. The molecule has 0 aliphatic heterocycles. The Kier molecular flexibility index (Phi) is 4.73. The van der Waals surface area contributed by atoms with Gasteiger partial charge in [0.05, 0.1) is 0 Å². The van der Waals surface area contributed by atoms with Gasteiger partial charge in [-0.3, -0.25) is 4.98 Å². The molecule has 2 nitrogen and oxygen atoms in total. The van der Waals surface area contributed by atoms with Crippen molar-refractivity contribution in [1.82, 2.24) is 10.3 Å². The highest BCUT2D eigenvalue weighted by atomic mass is 19.4. The summed E-state index contributed by atoms with van der Waals surface area (Å²) in [5, 5.41) is 3.03. The molecule has 1 heterocycles. The summed E-state index contributed by atoms with van der Waals surface area (Å²) in [6.45, 7) is 2.51. The zero-order valence-electron chi connectivity index (χ0n) is 9.09. The first-order valence-electron chi connectivity index (χ1n) is 5.23. The monoisotopic (exact) mass is 232 g/mol. The fraction of sp³-hybridized carbons (Fsp3) is 0.545. The Morgan fingerprint density at radius 1 is 1.44 bits per heavy atom. The number of rotatable bonds is 5. The topological polar surface area (TPSA) is 24.9 Å². The van der Waals surface area contributed by atoms with Crippen LogP contribution in [0, 0.1) is 0 Å². The van der Waals surface area contributed by atoms with E-state index in [2.05, 4.69) is 10.3 Å². The molecule has 0 saturated heterocycles. The normalized spacial score (nSPS) is 13.8. The van der Waals surface area contributed by atoms with Gasteiger partial charge < -0.3 is 5.32 Å². The van der Waals surface area contributed by atoms with E-state index in [-0.39, 0.29) is 12.5 Å². The van der Waals surface area contributed by atoms with Crippen LogP contribution in [-0.2, 0) is 0 Å². The van der Waals surface area contributed by atoms with Gasteiger partial charge in [-0.25, -0.2) is 0 Å². The van der Waals surface area contributed by atoms with Gasteiger partial charge in [-0.2, -0.15) is 13.2 Å². The van der Waals surface area contributed by atoms with Crippen LogP contribution >= 0.6 is 0 Å². The molecule has 0 aliphatic rings. The van der Waals surface area contributed by atoms with Crippen LogP contribution in [0.1, 0.15) is 31.4 Å². The highest BCUT2D eigenvalue weighted by Crippen LogP contribution is 2.27. The van der Waals surface area contributed by atoms with Gasteiger partial charge in [0.15, 0.2) is 0 Å². The van der Waals surface area contributed by atoms with Crippen molar-refractivity contribution in [2.75, 3.05) is 6.54 Å². The van der Waals surface area contributed by atoms with Crippen LogP contribution in [0.3, 0.4) is 0 Å². The largest absolute Gasteiger partial charge is 0.389 e. The average Bonchev–Trinajstić information content (AvgIpc) is 2.24. The molecule has 1 N–H and O–H groups in total. The van der Waals surface area contributed by atoms with E-state index in [1.165, 1.54) is 0 Å². The smallest absolute Gasteiger partial charge is 0.310 e. The second-order valence-electron chi connectivity index (χ2n) is 3.55. The maximum absolute atomic E-state index is 12.1. The van der Waals surface area contributed by atoms with Crippen LogP contribution in [0.2, 0.25) is 0 Å². The van der Waals surface area contributed by atoms with E-state index in [0.29, 0.717) is 6.54 Å². The van der Waals surface area contributed by atoms with Crippen LogP contribution in [0.4, 0.5) is 13.2 Å². The summed E-state index contributed by atoms with van der Waals surface area (Å²) in [7, 11) is 0. The third-order valence-corrected chi connectivity index (χ3v) is 2.25. The number of nitrogens with zero attached hydrogens (tertiary/aromatic N) is 1. The molecule has 5 heteroatoms. The van der Waals surface area contributed by atoms with Gasteiger partial charge in [0.25, 0.3) is 0 Å². The van der Waals surface area contributed by atoms with E-state index in [1.54, 1.807) is 24.5 Å². The fourth-order valence-corrected chi connectivity index (χ4v) is 1.52. The van der Waals surface area contributed by atoms with Crippen molar-refractivity contribution < 1.29 is 13.2 Å².